The van der Waals surface area contributed by atoms with Gasteiger partial charge in [-0.25, -0.2) is 4.98 Å². The molecule has 6 heteroatoms. The van der Waals surface area contributed by atoms with Crippen LogP contribution in [0.5, 0.6) is 0 Å². The van der Waals surface area contributed by atoms with Crippen molar-refractivity contribution in [2.24, 2.45) is 0 Å². The summed E-state index contributed by atoms with van der Waals surface area (Å²) in [4.78, 5) is 17.6. The summed E-state index contributed by atoms with van der Waals surface area (Å²) in [6, 6.07) is 2.92. The molecule has 1 heterocycles. The van der Waals surface area contributed by atoms with E-state index in [-0.39, 0.29) is 18.4 Å². The minimum absolute atomic E-state index is 0.0963. The molecule has 0 fully saturated rings. The zero-order chi connectivity index (χ0) is 16.2. The van der Waals surface area contributed by atoms with Gasteiger partial charge in [-0.05, 0) is 33.3 Å². The molecule has 0 spiro atoms. The van der Waals surface area contributed by atoms with Crippen LogP contribution in [0.1, 0.15) is 40.5 Å². The van der Waals surface area contributed by atoms with E-state index in [4.69, 9.17) is 4.74 Å². The highest BCUT2D eigenvalue weighted by atomic mass is 79.9. The molecule has 0 bridgehead atoms. The van der Waals surface area contributed by atoms with Crippen molar-refractivity contribution in [1.82, 2.24) is 4.98 Å². The van der Waals surface area contributed by atoms with E-state index < -0.39 is 11.5 Å². The van der Waals surface area contributed by atoms with Crippen LogP contribution in [0.3, 0.4) is 0 Å². The lowest BCUT2D eigenvalue weighted by Crippen LogP contribution is -2.36. The van der Waals surface area contributed by atoms with Gasteiger partial charge in [0.2, 0.25) is 5.95 Å². The average molecular weight is 361 g/mol. The standard InChI is InChI=1S/C15H22BrFN2O2/c1-6-11(9-14(20)21-15(2,3)4)19(5)13-8-10(16)7-12(17)18-13/h7-8,11H,6,9H2,1-5H3. The molecular formula is C15H22BrFN2O2. The van der Waals surface area contributed by atoms with Crippen molar-refractivity contribution in [2.45, 2.75) is 52.2 Å². The molecule has 0 amide bonds. The first-order valence-corrected chi connectivity index (χ1v) is 7.69. The predicted octanol–water partition coefficient (Wildman–Crippen LogP) is 3.93. The van der Waals surface area contributed by atoms with E-state index in [1.165, 1.54) is 6.07 Å². The maximum Gasteiger partial charge on any atom is 0.308 e. The fraction of sp³-hybridized carbons (Fsp3) is 0.600. The third-order valence-electron chi connectivity index (χ3n) is 2.95. The number of nitrogens with zero attached hydrogens (tertiary/aromatic N) is 2. The minimum atomic E-state index is -0.557. The topological polar surface area (TPSA) is 42.4 Å². The summed E-state index contributed by atoms with van der Waals surface area (Å²) in [6.07, 6.45) is 0.964. The quantitative estimate of drug-likeness (QED) is 0.589. The van der Waals surface area contributed by atoms with Crippen LogP contribution in [-0.2, 0) is 9.53 Å². The van der Waals surface area contributed by atoms with Crippen molar-refractivity contribution >= 4 is 27.7 Å². The number of ether oxygens (including phenoxy) is 1. The van der Waals surface area contributed by atoms with E-state index >= 15 is 0 Å². The van der Waals surface area contributed by atoms with Crippen molar-refractivity contribution in [3.8, 4) is 0 Å². The predicted molar refractivity (Wildman–Crippen MR) is 84.8 cm³/mol. The number of aromatic nitrogens is 1. The molecule has 0 aromatic carbocycles. The van der Waals surface area contributed by atoms with E-state index in [0.29, 0.717) is 10.3 Å². The zero-order valence-corrected chi connectivity index (χ0v) is 14.7. The van der Waals surface area contributed by atoms with E-state index in [2.05, 4.69) is 20.9 Å². The molecule has 1 aromatic heterocycles. The third kappa shape index (κ3) is 5.99. The first-order chi connectivity index (χ1) is 9.62. The Morgan fingerprint density at radius 3 is 2.57 bits per heavy atom. The third-order valence-corrected chi connectivity index (χ3v) is 3.41. The molecule has 0 aliphatic rings. The molecule has 0 aliphatic heterocycles. The normalized spacial score (nSPS) is 12.9. The first-order valence-electron chi connectivity index (χ1n) is 6.90. The second-order valence-corrected chi connectivity index (χ2v) is 6.85. The van der Waals surface area contributed by atoms with Crippen LogP contribution in [0, 0.1) is 5.95 Å². The van der Waals surface area contributed by atoms with Gasteiger partial charge in [-0.3, -0.25) is 4.79 Å². The second kappa shape index (κ2) is 7.20. The maximum atomic E-state index is 13.4. The highest BCUT2D eigenvalue weighted by Gasteiger charge is 2.23. The van der Waals surface area contributed by atoms with Crippen LogP contribution in [-0.4, -0.2) is 29.6 Å². The highest BCUT2D eigenvalue weighted by molar-refractivity contribution is 9.10. The molecule has 1 unspecified atom stereocenters. The number of esters is 1. The molecule has 0 saturated heterocycles. The molecule has 4 nitrogen and oxygen atoms in total. The van der Waals surface area contributed by atoms with Crippen LogP contribution < -0.4 is 4.90 Å². The summed E-state index contributed by atoms with van der Waals surface area (Å²) < 4.78 is 19.3. The van der Waals surface area contributed by atoms with Gasteiger partial charge >= 0.3 is 5.97 Å². The summed E-state index contributed by atoms with van der Waals surface area (Å²) >= 11 is 3.24. The minimum Gasteiger partial charge on any atom is -0.460 e. The van der Waals surface area contributed by atoms with Gasteiger partial charge in [-0.1, -0.05) is 22.9 Å². The van der Waals surface area contributed by atoms with Crippen molar-refractivity contribution in [3.63, 3.8) is 0 Å². The van der Waals surface area contributed by atoms with Crippen LogP contribution in [0.25, 0.3) is 0 Å². The fourth-order valence-electron chi connectivity index (χ4n) is 1.95. The Hall–Kier alpha value is -1.17. The molecule has 1 rings (SSSR count). The Labute approximate surface area is 133 Å². The van der Waals surface area contributed by atoms with Gasteiger partial charge < -0.3 is 9.64 Å². The lowest BCUT2D eigenvalue weighted by atomic mass is 10.1. The highest BCUT2D eigenvalue weighted by Crippen LogP contribution is 2.22. The van der Waals surface area contributed by atoms with Crippen molar-refractivity contribution in [3.05, 3.63) is 22.6 Å². The number of hydrogen-bond donors (Lipinski definition) is 0. The van der Waals surface area contributed by atoms with Gasteiger partial charge in [0.1, 0.15) is 11.4 Å². The van der Waals surface area contributed by atoms with Gasteiger partial charge in [0.05, 0.1) is 6.42 Å². The van der Waals surface area contributed by atoms with E-state index in [0.717, 1.165) is 6.42 Å². The Balaban J connectivity index is 2.81. The maximum absolute atomic E-state index is 13.4. The van der Waals surface area contributed by atoms with Gasteiger partial charge in [0.25, 0.3) is 0 Å². The van der Waals surface area contributed by atoms with Crippen LogP contribution in [0.15, 0.2) is 16.6 Å². The Morgan fingerprint density at radius 2 is 2.10 bits per heavy atom. The van der Waals surface area contributed by atoms with Crippen molar-refractivity contribution < 1.29 is 13.9 Å². The fourth-order valence-corrected chi connectivity index (χ4v) is 2.34. The molecule has 1 aromatic rings. The van der Waals surface area contributed by atoms with Gasteiger partial charge in [0.15, 0.2) is 0 Å². The Morgan fingerprint density at radius 1 is 1.48 bits per heavy atom. The Bertz CT molecular complexity index is 483. The monoisotopic (exact) mass is 360 g/mol. The molecule has 0 N–H and O–H groups in total. The van der Waals surface area contributed by atoms with Crippen molar-refractivity contribution in [1.29, 1.82) is 0 Å². The number of anilines is 1. The second-order valence-electron chi connectivity index (χ2n) is 5.93. The summed E-state index contributed by atoms with van der Waals surface area (Å²) in [7, 11) is 1.80. The molecule has 0 aliphatic carbocycles. The van der Waals surface area contributed by atoms with E-state index in [1.54, 1.807) is 18.0 Å². The molecule has 21 heavy (non-hydrogen) atoms. The van der Waals surface area contributed by atoms with Gasteiger partial charge in [0, 0.05) is 23.6 Å². The number of hydrogen-bond acceptors (Lipinski definition) is 4. The average Bonchev–Trinajstić information content (AvgIpc) is 2.31. The largest absolute Gasteiger partial charge is 0.460 e. The van der Waals surface area contributed by atoms with Gasteiger partial charge in [-0.2, -0.15) is 4.39 Å². The number of carbonyl (C=O) groups is 1. The summed E-state index contributed by atoms with van der Waals surface area (Å²) in [6.45, 7) is 7.47. The summed E-state index contributed by atoms with van der Waals surface area (Å²) in [5.41, 5.74) is -0.506. The number of carbonyl (C=O) groups excluding carboxylic acids is 1. The summed E-state index contributed by atoms with van der Waals surface area (Å²) in [5.74, 6) is -0.340. The van der Waals surface area contributed by atoms with E-state index in [1.807, 2.05) is 27.7 Å². The summed E-state index contributed by atoms with van der Waals surface area (Å²) in [5, 5.41) is 0. The molecule has 0 radical (unpaired) electrons. The molecular weight excluding hydrogens is 339 g/mol. The molecule has 1 atom stereocenters. The lowest BCUT2D eigenvalue weighted by molar-refractivity contribution is -0.155. The number of halogens is 2. The van der Waals surface area contributed by atoms with Crippen LogP contribution in [0.2, 0.25) is 0 Å². The van der Waals surface area contributed by atoms with Crippen LogP contribution >= 0.6 is 15.9 Å². The van der Waals surface area contributed by atoms with Crippen LogP contribution in [0.4, 0.5) is 10.2 Å². The van der Waals surface area contributed by atoms with Crippen molar-refractivity contribution in [2.75, 3.05) is 11.9 Å². The number of rotatable bonds is 5. The molecule has 0 saturated carbocycles. The first kappa shape index (κ1) is 17.9. The van der Waals surface area contributed by atoms with Gasteiger partial charge in [-0.15, -0.1) is 0 Å². The smallest absolute Gasteiger partial charge is 0.308 e. The zero-order valence-electron chi connectivity index (χ0n) is 13.1. The Kier molecular flexibility index (Phi) is 6.13. The lowest BCUT2D eigenvalue weighted by Gasteiger charge is -2.29. The molecule has 118 valence electrons. The number of pyridine rings is 1. The van der Waals surface area contributed by atoms with E-state index in [9.17, 15) is 9.18 Å². The SMILES string of the molecule is CCC(CC(=O)OC(C)(C)C)N(C)c1cc(Br)cc(F)n1.